The largest absolute Gasteiger partial charge is 0.481 e. The quantitative estimate of drug-likeness (QED) is 0.837. The normalized spacial score (nSPS) is 30.0. The summed E-state index contributed by atoms with van der Waals surface area (Å²) in [4.78, 5) is 25.5. The molecule has 0 bridgehead atoms. The van der Waals surface area contributed by atoms with Gasteiger partial charge in [0.25, 0.3) is 0 Å². The van der Waals surface area contributed by atoms with Crippen LogP contribution >= 0.6 is 11.8 Å². The Morgan fingerprint density at radius 2 is 2.19 bits per heavy atom. The molecule has 2 atom stereocenters. The molecule has 2 amide bonds. The number of thioether (sulfide) groups is 1. The van der Waals surface area contributed by atoms with Crippen LogP contribution in [-0.4, -0.2) is 52.6 Å². The lowest BCUT2D eigenvalue weighted by Crippen LogP contribution is -2.53. The van der Waals surface area contributed by atoms with Gasteiger partial charge in [-0.3, -0.25) is 4.79 Å². The predicted molar refractivity (Wildman–Crippen MR) is 84.7 cm³/mol. The molecular formula is C15H26N2O3S. The highest BCUT2D eigenvalue weighted by Gasteiger charge is 2.42. The summed E-state index contributed by atoms with van der Waals surface area (Å²) in [6.07, 6.45) is 5.70. The van der Waals surface area contributed by atoms with Crippen molar-refractivity contribution in [3.8, 4) is 0 Å². The van der Waals surface area contributed by atoms with Crippen molar-refractivity contribution in [3.05, 3.63) is 0 Å². The maximum absolute atomic E-state index is 12.3. The van der Waals surface area contributed by atoms with Gasteiger partial charge in [0.2, 0.25) is 0 Å². The van der Waals surface area contributed by atoms with E-state index in [-0.39, 0.29) is 6.03 Å². The van der Waals surface area contributed by atoms with E-state index in [1.165, 1.54) is 25.0 Å². The molecule has 2 rings (SSSR count). The number of carboxylic acid groups (broad SMARTS) is 1. The molecular weight excluding hydrogens is 288 g/mol. The van der Waals surface area contributed by atoms with Gasteiger partial charge >= 0.3 is 12.0 Å². The van der Waals surface area contributed by atoms with Crippen LogP contribution in [0.3, 0.4) is 0 Å². The third-order valence-electron chi connectivity index (χ3n) is 4.75. The van der Waals surface area contributed by atoms with Crippen LogP contribution in [0.15, 0.2) is 0 Å². The number of hydrogen-bond donors (Lipinski definition) is 2. The lowest BCUT2D eigenvalue weighted by molar-refractivity contribution is -0.152. The summed E-state index contributed by atoms with van der Waals surface area (Å²) in [7, 11) is 0. The number of carbonyl (C=O) groups excluding carboxylic acids is 1. The second kappa shape index (κ2) is 7.38. The molecule has 6 heteroatoms. The number of aliphatic carboxylic acids is 1. The van der Waals surface area contributed by atoms with Gasteiger partial charge in [-0.2, -0.15) is 11.8 Å². The first-order chi connectivity index (χ1) is 10.1. The van der Waals surface area contributed by atoms with E-state index in [4.69, 9.17) is 0 Å². The molecule has 5 nitrogen and oxygen atoms in total. The Kier molecular flexibility index (Phi) is 5.79. The number of nitrogens with zero attached hydrogens (tertiary/aromatic N) is 1. The highest BCUT2D eigenvalue weighted by atomic mass is 32.2. The van der Waals surface area contributed by atoms with E-state index >= 15 is 0 Å². The fraction of sp³-hybridized carbons (Fsp3) is 0.867. The average Bonchev–Trinajstić information content (AvgIpc) is 2.53. The zero-order valence-corrected chi connectivity index (χ0v) is 13.6. The first-order valence-corrected chi connectivity index (χ1v) is 9.00. The van der Waals surface area contributed by atoms with Crippen molar-refractivity contribution in [3.63, 3.8) is 0 Å². The van der Waals surface area contributed by atoms with E-state index in [9.17, 15) is 14.7 Å². The van der Waals surface area contributed by atoms with Gasteiger partial charge < -0.3 is 15.3 Å². The summed E-state index contributed by atoms with van der Waals surface area (Å²) in [6.45, 7) is 3.60. The van der Waals surface area contributed by atoms with Gasteiger partial charge in [-0.15, -0.1) is 0 Å². The fourth-order valence-corrected chi connectivity index (χ4v) is 4.44. The molecule has 2 aliphatic rings. The maximum atomic E-state index is 12.3. The minimum atomic E-state index is -0.773. The number of urea groups is 1. The Bertz CT molecular complexity index is 385. The van der Waals surface area contributed by atoms with Crippen LogP contribution in [0.5, 0.6) is 0 Å². The molecule has 120 valence electrons. The summed E-state index contributed by atoms with van der Waals surface area (Å²) >= 11 is 1.93. The Morgan fingerprint density at radius 1 is 1.38 bits per heavy atom. The number of rotatable bonds is 4. The summed E-state index contributed by atoms with van der Waals surface area (Å²) in [5.41, 5.74) is -0.755. The van der Waals surface area contributed by atoms with Gasteiger partial charge in [0, 0.05) is 24.9 Å². The summed E-state index contributed by atoms with van der Waals surface area (Å²) in [5, 5.41) is 13.0. The van der Waals surface area contributed by atoms with Crippen LogP contribution in [0.1, 0.15) is 45.4 Å². The zero-order valence-electron chi connectivity index (χ0n) is 12.8. The van der Waals surface area contributed by atoms with E-state index in [1.54, 1.807) is 4.90 Å². The van der Waals surface area contributed by atoms with Gasteiger partial charge in [-0.1, -0.05) is 13.3 Å². The van der Waals surface area contributed by atoms with Crippen LogP contribution in [0.4, 0.5) is 4.79 Å². The van der Waals surface area contributed by atoms with Crippen LogP contribution in [0.25, 0.3) is 0 Å². The second-order valence-corrected chi connectivity index (χ2v) is 7.55. The van der Waals surface area contributed by atoms with Gasteiger partial charge in [-0.25, -0.2) is 4.79 Å². The highest BCUT2D eigenvalue weighted by Crippen LogP contribution is 2.33. The molecule has 0 radical (unpaired) electrons. The fourth-order valence-electron chi connectivity index (χ4n) is 3.20. The van der Waals surface area contributed by atoms with Crippen LogP contribution in [0.2, 0.25) is 0 Å². The van der Waals surface area contributed by atoms with Gasteiger partial charge in [0.1, 0.15) is 0 Å². The number of likely N-dealkylation sites (tertiary alicyclic amines) is 1. The number of carboxylic acids is 1. The number of carbonyl (C=O) groups is 2. The topological polar surface area (TPSA) is 69.6 Å². The van der Waals surface area contributed by atoms with Crippen molar-refractivity contribution in [1.82, 2.24) is 10.2 Å². The van der Waals surface area contributed by atoms with Crippen LogP contribution < -0.4 is 5.32 Å². The van der Waals surface area contributed by atoms with Crippen molar-refractivity contribution in [2.75, 3.05) is 25.4 Å². The molecule has 21 heavy (non-hydrogen) atoms. The summed E-state index contributed by atoms with van der Waals surface area (Å²) in [5.74, 6) is 0.410. The van der Waals surface area contributed by atoms with E-state index < -0.39 is 11.4 Å². The van der Waals surface area contributed by atoms with E-state index in [2.05, 4.69) is 5.32 Å². The minimum Gasteiger partial charge on any atom is -0.481 e. The third kappa shape index (κ3) is 4.05. The smallest absolute Gasteiger partial charge is 0.317 e. The third-order valence-corrected chi connectivity index (χ3v) is 6.15. The molecule has 0 saturated carbocycles. The predicted octanol–water partition coefficient (Wildman–Crippen LogP) is 2.56. The lowest BCUT2D eigenvalue weighted by Gasteiger charge is -2.39. The molecule has 2 fully saturated rings. The molecule has 2 aliphatic heterocycles. The SMILES string of the molecule is CCC1(C(=O)O)CCCN(C(=O)NCC2CCCCS2)C1. The molecule has 0 aromatic rings. The van der Waals surface area contributed by atoms with Gasteiger partial charge in [0.15, 0.2) is 0 Å². The van der Waals surface area contributed by atoms with Crippen molar-refractivity contribution in [2.45, 2.75) is 50.7 Å². The molecule has 2 heterocycles. The average molecular weight is 314 g/mol. The lowest BCUT2D eigenvalue weighted by atomic mass is 9.78. The monoisotopic (exact) mass is 314 g/mol. The second-order valence-electron chi connectivity index (χ2n) is 6.14. The number of amides is 2. The van der Waals surface area contributed by atoms with E-state index in [0.717, 1.165) is 6.42 Å². The van der Waals surface area contributed by atoms with E-state index in [1.807, 2.05) is 18.7 Å². The molecule has 2 saturated heterocycles. The minimum absolute atomic E-state index is 0.0973. The molecule has 2 unspecified atom stereocenters. The van der Waals surface area contributed by atoms with Crippen molar-refractivity contribution in [2.24, 2.45) is 5.41 Å². The molecule has 2 N–H and O–H groups in total. The number of hydrogen-bond acceptors (Lipinski definition) is 3. The molecule has 0 aliphatic carbocycles. The standard InChI is InChI=1S/C15H26N2O3S/c1-2-15(13(18)19)7-5-8-17(11-15)14(20)16-10-12-6-3-4-9-21-12/h12H,2-11H2,1H3,(H,16,20)(H,18,19). The van der Waals surface area contributed by atoms with Crippen LogP contribution in [-0.2, 0) is 4.79 Å². The first-order valence-electron chi connectivity index (χ1n) is 7.95. The summed E-state index contributed by atoms with van der Waals surface area (Å²) in [6, 6.07) is -0.0973. The molecule has 0 spiro atoms. The Morgan fingerprint density at radius 3 is 2.81 bits per heavy atom. The Labute approximate surface area is 130 Å². The van der Waals surface area contributed by atoms with Crippen LogP contribution in [0, 0.1) is 5.41 Å². The van der Waals surface area contributed by atoms with Crippen molar-refractivity contribution < 1.29 is 14.7 Å². The van der Waals surface area contributed by atoms with Crippen molar-refractivity contribution >= 4 is 23.8 Å². The summed E-state index contributed by atoms with van der Waals surface area (Å²) < 4.78 is 0. The zero-order chi connectivity index (χ0) is 15.3. The highest BCUT2D eigenvalue weighted by molar-refractivity contribution is 7.99. The number of piperidine rings is 1. The van der Waals surface area contributed by atoms with Crippen molar-refractivity contribution in [1.29, 1.82) is 0 Å². The Hall–Kier alpha value is -0.910. The maximum Gasteiger partial charge on any atom is 0.317 e. The van der Waals surface area contributed by atoms with E-state index in [0.29, 0.717) is 37.7 Å². The molecule has 0 aromatic carbocycles. The Balaban J connectivity index is 1.85. The van der Waals surface area contributed by atoms with Gasteiger partial charge in [0.05, 0.1) is 5.41 Å². The molecule has 0 aromatic heterocycles. The van der Waals surface area contributed by atoms with Gasteiger partial charge in [-0.05, 0) is 37.9 Å². The number of nitrogens with one attached hydrogen (secondary N) is 1. The first kappa shape index (κ1) is 16.5.